The highest BCUT2D eigenvalue weighted by Gasteiger charge is 2.21. The van der Waals surface area contributed by atoms with Crippen molar-refractivity contribution in [3.05, 3.63) is 5.82 Å². The van der Waals surface area contributed by atoms with Crippen molar-refractivity contribution in [3.63, 3.8) is 0 Å². The van der Waals surface area contributed by atoms with E-state index in [0.29, 0.717) is 11.1 Å². The van der Waals surface area contributed by atoms with Gasteiger partial charge in [-0.1, -0.05) is 19.3 Å². The Bertz CT molecular complexity index is 290. The molecule has 1 aromatic rings. The van der Waals surface area contributed by atoms with Crippen LogP contribution < -0.4 is 5.84 Å². The summed E-state index contributed by atoms with van der Waals surface area (Å²) in [6.07, 6.45) is 6.26. The Balaban J connectivity index is 2.18. The Labute approximate surface area is 82.9 Å². The van der Waals surface area contributed by atoms with Gasteiger partial charge in [-0.3, -0.25) is 0 Å². The molecule has 0 radical (unpaired) electrons. The lowest BCUT2D eigenvalue weighted by Crippen LogP contribution is -2.18. The SMILES string of the molecule is Nn1c(S)nnc1C1CCCCC1. The number of aromatic nitrogens is 3. The van der Waals surface area contributed by atoms with Crippen molar-refractivity contribution < 1.29 is 0 Å². The van der Waals surface area contributed by atoms with Crippen molar-refractivity contribution >= 4 is 12.6 Å². The third-order valence-electron chi connectivity index (χ3n) is 2.67. The average molecular weight is 198 g/mol. The van der Waals surface area contributed by atoms with Gasteiger partial charge >= 0.3 is 0 Å². The van der Waals surface area contributed by atoms with Gasteiger partial charge in [-0.2, -0.15) is 0 Å². The first-order chi connectivity index (χ1) is 6.29. The molecule has 1 aliphatic rings. The van der Waals surface area contributed by atoms with Crippen molar-refractivity contribution in [3.8, 4) is 0 Å². The molecule has 1 fully saturated rings. The summed E-state index contributed by atoms with van der Waals surface area (Å²) in [5.74, 6) is 7.13. The topological polar surface area (TPSA) is 56.7 Å². The van der Waals surface area contributed by atoms with Crippen LogP contribution in [0, 0.1) is 0 Å². The molecule has 0 aliphatic heterocycles. The molecule has 0 saturated heterocycles. The van der Waals surface area contributed by atoms with Gasteiger partial charge in [-0.05, 0) is 12.8 Å². The molecule has 1 aromatic heterocycles. The molecule has 4 nitrogen and oxygen atoms in total. The predicted octanol–water partition coefficient (Wildman–Crippen LogP) is 1.33. The lowest BCUT2D eigenvalue weighted by molar-refractivity contribution is 0.421. The normalized spacial score (nSPS) is 19.2. The fraction of sp³-hybridized carbons (Fsp3) is 0.750. The zero-order valence-electron chi connectivity index (χ0n) is 7.48. The van der Waals surface area contributed by atoms with Gasteiger partial charge in [0.25, 0.3) is 0 Å². The van der Waals surface area contributed by atoms with E-state index < -0.39 is 0 Å². The second-order valence-electron chi connectivity index (χ2n) is 3.56. The van der Waals surface area contributed by atoms with E-state index in [2.05, 4.69) is 22.8 Å². The average Bonchev–Trinajstić information content (AvgIpc) is 2.49. The van der Waals surface area contributed by atoms with Crippen LogP contribution in [0.15, 0.2) is 5.16 Å². The summed E-state index contributed by atoms with van der Waals surface area (Å²) in [5, 5.41) is 8.39. The van der Waals surface area contributed by atoms with Gasteiger partial charge in [0.15, 0.2) is 5.82 Å². The highest BCUT2D eigenvalue weighted by Crippen LogP contribution is 2.31. The van der Waals surface area contributed by atoms with Crippen LogP contribution in [-0.4, -0.2) is 14.9 Å². The summed E-state index contributed by atoms with van der Waals surface area (Å²) in [6, 6.07) is 0. The Hall–Kier alpha value is -0.710. The number of thiol groups is 1. The van der Waals surface area contributed by atoms with Crippen LogP contribution in [0.25, 0.3) is 0 Å². The van der Waals surface area contributed by atoms with Gasteiger partial charge in [0, 0.05) is 5.92 Å². The third-order valence-corrected chi connectivity index (χ3v) is 2.98. The minimum Gasteiger partial charge on any atom is -0.336 e. The first kappa shape index (κ1) is 8.87. The standard InChI is InChI=1S/C8H14N4S/c9-12-7(10-11-8(12)13)6-4-2-1-3-5-6/h6H,1-5,9H2,(H,11,13). The van der Waals surface area contributed by atoms with Crippen molar-refractivity contribution in [1.29, 1.82) is 0 Å². The lowest BCUT2D eigenvalue weighted by atomic mass is 9.89. The highest BCUT2D eigenvalue weighted by atomic mass is 32.1. The molecule has 1 saturated carbocycles. The van der Waals surface area contributed by atoms with Gasteiger partial charge < -0.3 is 5.84 Å². The molecule has 1 aliphatic carbocycles. The smallest absolute Gasteiger partial charge is 0.206 e. The summed E-state index contributed by atoms with van der Waals surface area (Å²) in [4.78, 5) is 0. The summed E-state index contributed by atoms with van der Waals surface area (Å²) in [7, 11) is 0. The number of nitrogens with zero attached hydrogens (tertiary/aromatic N) is 3. The van der Waals surface area contributed by atoms with E-state index in [1.165, 1.54) is 36.8 Å². The fourth-order valence-electron chi connectivity index (χ4n) is 1.93. The van der Waals surface area contributed by atoms with Gasteiger partial charge in [-0.25, -0.2) is 4.68 Å². The Morgan fingerprint density at radius 3 is 2.46 bits per heavy atom. The van der Waals surface area contributed by atoms with E-state index >= 15 is 0 Å². The molecular weight excluding hydrogens is 184 g/mol. The van der Waals surface area contributed by atoms with Gasteiger partial charge in [0.2, 0.25) is 5.16 Å². The van der Waals surface area contributed by atoms with Crippen LogP contribution >= 0.6 is 12.6 Å². The number of hydrogen-bond donors (Lipinski definition) is 2. The van der Waals surface area contributed by atoms with Gasteiger partial charge in [-0.15, -0.1) is 22.8 Å². The molecule has 13 heavy (non-hydrogen) atoms. The van der Waals surface area contributed by atoms with Crippen molar-refractivity contribution in [2.24, 2.45) is 0 Å². The van der Waals surface area contributed by atoms with Crippen LogP contribution in [0.4, 0.5) is 0 Å². The molecular formula is C8H14N4S. The van der Waals surface area contributed by atoms with Crippen molar-refractivity contribution in [2.75, 3.05) is 5.84 Å². The molecule has 0 unspecified atom stereocenters. The third kappa shape index (κ3) is 1.65. The summed E-state index contributed by atoms with van der Waals surface area (Å²) < 4.78 is 1.50. The van der Waals surface area contributed by atoms with Crippen LogP contribution in [0.3, 0.4) is 0 Å². The van der Waals surface area contributed by atoms with Crippen LogP contribution in [0.1, 0.15) is 43.8 Å². The Morgan fingerprint density at radius 2 is 1.92 bits per heavy atom. The summed E-state index contributed by atoms with van der Waals surface area (Å²) in [5.41, 5.74) is 0. The van der Waals surface area contributed by atoms with Crippen molar-refractivity contribution in [1.82, 2.24) is 14.9 Å². The van der Waals surface area contributed by atoms with Gasteiger partial charge in [0.1, 0.15) is 0 Å². The van der Waals surface area contributed by atoms with Gasteiger partial charge in [0.05, 0.1) is 0 Å². The molecule has 1 heterocycles. The summed E-state index contributed by atoms with van der Waals surface area (Å²) in [6.45, 7) is 0. The first-order valence-corrected chi connectivity index (χ1v) is 5.13. The molecule has 0 atom stereocenters. The molecule has 2 N–H and O–H groups in total. The molecule has 5 heteroatoms. The quantitative estimate of drug-likeness (QED) is 0.528. The lowest BCUT2D eigenvalue weighted by Gasteiger charge is -2.19. The van der Waals surface area contributed by atoms with E-state index in [-0.39, 0.29) is 0 Å². The Kier molecular flexibility index (Phi) is 2.44. The monoisotopic (exact) mass is 198 g/mol. The molecule has 0 bridgehead atoms. The molecule has 0 amide bonds. The number of nitrogens with two attached hydrogens (primary N) is 1. The second kappa shape index (κ2) is 3.57. The second-order valence-corrected chi connectivity index (χ2v) is 3.96. The zero-order valence-corrected chi connectivity index (χ0v) is 8.37. The van der Waals surface area contributed by atoms with E-state index in [1.54, 1.807) is 0 Å². The maximum atomic E-state index is 5.75. The van der Waals surface area contributed by atoms with E-state index in [9.17, 15) is 0 Å². The zero-order chi connectivity index (χ0) is 9.26. The predicted molar refractivity (Wildman–Crippen MR) is 53.3 cm³/mol. The Morgan fingerprint density at radius 1 is 1.23 bits per heavy atom. The molecule has 72 valence electrons. The number of nitrogen functional groups attached to an aromatic ring is 1. The molecule has 0 spiro atoms. The van der Waals surface area contributed by atoms with E-state index in [4.69, 9.17) is 5.84 Å². The van der Waals surface area contributed by atoms with Crippen LogP contribution in [0.2, 0.25) is 0 Å². The minimum absolute atomic E-state index is 0.493. The molecule has 2 rings (SSSR count). The van der Waals surface area contributed by atoms with E-state index in [0.717, 1.165) is 5.82 Å². The summed E-state index contributed by atoms with van der Waals surface area (Å²) >= 11 is 4.10. The fourth-order valence-corrected chi connectivity index (χ4v) is 2.08. The van der Waals surface area contributed by atoms with E-state index in [1.807, 2.05) is 0 Å². The minimum atomic E-state index is 0.493. The maximum absolute atomic E-state index is 5.75. The number of rotatable bonds is 1. The largest absolute Gasteiger partial charge is 0.336 e. The molecule has 0 aromatic carbocycles. The first-order valence-electron chi connectivity index (χ1n) is 4.68. The van der Waals surface area contributed by atoms with Crippen LogP contribution in [0.5, 0.6) is 0 Å². The number of hydrogen-bond acceptors (Lipinski definition) is 4. The van der Waals surface area contributed by atoms with Crippen LogP contribution in [-0.2, 0) is 0 Å². The van der Waals surface area contributed by atoms with Crippen molar-refractivity contribution in [2.45, 2.75) is 43.2 Å². The maximum Gasteiger partial charge on any atom is 0.206 e. The highest BCUT2D eigenvalue weighted by molar-refractivity contribution is 7.80.